The average Bonchev–Trinajstić information content (AvgIpc) is 3.52. The Morgan fingerprint density at radius 2 is 1.67 bits per heavy atom. The molecule has 6 rings (SSSR count). The number of piperidine rings is 1. The predicted molar refractivity (Wildman–Crippen MR) is 142 cm³/mol. The normalized spacial score (nSPS) is 17.9. The highest BCUT2D eigenvalue weighted by Crippen LogP contribution is 2.39. The van der Waals surface area contributed by atoms with Gasteiger partial charge in [0.1, 0.15) is 0 Å². The predicted octanol–water partition coefficient (Wildman–Crippen LogP) is 4.19. The van der Waals surface area contributed by atoms with Crippen molar-refractivity contribution in [3.63, 3.8) is 0 Å². The standard InChI is InChI=1S/C28H27ClN4O3/c29-17-8-9-24-20(12-17)22(16-33(24)15-18(34)14-32-10-4-1-5-11-32)26-25(27(35)31-28(26)36)21-13-30-23-7-3-2-6-19(21)23/h2-3,6-9,12-13,16,18,30,34H,1,4-5,10-11,14-15H2,(H,31,35,36). The van der Waals surface area contributed by atoms with Crippen molar-refractivity contribution in [3.05, 3.63) is 71.0 Å². The maximum absolute atomic E-state index is 13.2. The number of hydrogen-bond acceptors (Lipinski definition) is 4. The van der Waals surface area contributed by atoms with E-state index >= 15 is 0 Å². The van der Waals surface area contributed by atoms with Gasteiger partial charge in [0.05, 0.1) is 17.3 Å². The van der Waals surface area contributed by atoms with Crippen LogP contribution in [0.3, 0.4) is 0 Å². The number of halogens is 1. The van der Waals surface area contributed by atoms with Gasteiger partial charge in [-0.25, -0.2) is 0 Å². The van der Waals surface area contributed by atoms with Crippen molar-refractivity contribution in [1.29, 1.82) is 0 Å². The van der Waals surface area contributed by atoms with Gasteiger partial charge in [-0.05, 0) is 50.2 Å². The SMILES string of the molecule is O=C1NC(=O)C(c2cn(CC(O)CN3CCCCC3)c3ccc(Cl)cc23)=C1c1c[nH]c2ccccc12. The van der Waals surface area contributed by atoms with E-state index in [4.69, 9.17) is 11.6 Å². The summed E-state index contributed by atoms with van der Waals surface area (Å²) in [5.74, 6) is -0.860. The van der Waals surface area contributed by atoms with Crippen molar-refractivity contribution >= 4 is 56.4 Å². The molecular formula is C28H27ClN4O3. The van der Waals surface area contributed by atoms with Crippen molar-refractivity contribution in [1.82, 2.24) is 19.8 Å². The number of H-pyrrole nitrogens is 1. The average molecular weight is 503 g/mol. The number of aliphatic hydroxyl groups excluding tert-OH is 1. The van der Waals surface area contributed by atoms with Crippen LogP contribution in [-0.2, 0) is 16.1 Å². The Kier molecular flexibility index (Phi) is 5.91. The number of rotatable bonds is 6. The molecule has 0 aliphatic carbocycles. The molecule has 0 saturated carbocycles. The van der Waals surface area contributed by atoms with Crippen LogP contribution >= 0.6 is 11.6 Å². The molecule has 36 heavy (non-hydrogen) atoms. The van der Waals surface area contributed by atoms with Gasteiger partial charge in [-0.1, -0.05) is 36.2 Å². The molecule has 0 radical (unpaired) electrons. The lowest BCUT2D eigenvalue weighted by Crippen LogP contribution is -2.37. The van der Waals surface area contributed by atoms with E-state index < -0.39 is 17.9 Å². The van der Waals surface area contributed by atoms with E-state index in [-0.39, 0.29) is 0 Å². The van der Waals surface area contributed by atoms with E-state index in [0.29, 0.717) is 40.4 Å². The molecule has 1 unspecified atom stereocenters. The monoisotopic (exact) mass is 502 g/mol. The highest BCUT2D eigenvalue weighted by molar-refractivity contribution is 6.51. The number of β-amino-alcohol motifs (C(OH)–C–C–N with tert-alkyl or cyclic N) is 1. The smallest absolute Gasteiger partial charge is 0.259 e. The van der Waals surface area contributed by atoms with Crippen LogP contribution in [0.25, 0.3) is 33.0 Å². The third-order valence-electron chi connectivity index (χ3n) is 7.23. The van der Waals surface area contributed by atoms with Gasteiger partial charge in [0.2, 0.25) is 0 Å². The van der Waals surface area contributed by atoms with Gasteiger partial charge < -0.3 is 19.6 Å². The van der Waals surface area contributed by atoms with Gasteiger partial charge in [0.25, 0.3) is 11.8 Å². The lowest BCUT2D eigenvalue weighted by atomic mass is 9.95. The molecule has 1 saturated heterocycles. The van der Waals surface area contributed by atoms with Crippen LogP contribution in [0.2, 0.25) is 5.02 Å². The van der Waals surface area contributed by atoms with Crippen molar-refractivity contribution in [2.24, 2.45) is 0 Å². The Morgan fingerprint density at radius 1 is 0.917 bits per heavy atom. The zero-order chi connectivity index (χ0) is 24.8. The number of amides is 2. The highest BCUT2D eigenvalue weighted by atomic mass is 35.5. The second-order valence-electron chi connectivity index (χ2n) is 9.65. The number of benzene rings is 2. The minimum atomic E-state index is -0.566. The Balaban J connectivity index is 1.46. The maximum atomic E-state index is 13.2. The van der Waals surface area contributed by atoms with Gasteiger partial charge in [-0.3, -0.25) is 14.9 Å². The molecule has 184 valence electrons. The summed E-state index contributed by atoms with van der Waals surface area (Å²) in [5.41, 5.74) is 3.70. The molecule has 3 N–H and O–H groups in total. The molecular weight excluding hydrogens is 476 g/mol. The molecule has 1 atom stereocenters. The maximum Gasteiger partial charge on any atom is 0.259 e. The number of para-hydroxylation sites is 1. The first-order valence-electron chi connectivity index (χ1n) is 12.4. The van der Waals surface area contributed by atoms with E-state index in [0.717, 1.165) is 47.7 Å². The molecule has 2 aliphatic heterocycles. The van der Waals surface area contributed by atoms with Gasteiger partial charge in [0.15, 0.2) is 0 Å². The fraction of sp³-hybridized carbons (Fsp3) is 0.286. The van der Waals surface area contributed by atoms with Gasteiger partial charge in [0, 0.05) is 63.4 Å². The molecule has 0 spiro atoms. The lowest BCUT2D eigenvalue weighted by Gasteiger charge is -2.28. The Bertz CT molecular complexity index is 1530. The number of aliphatic hydroxyl groups is 1. The molecule has 2 aromatic heterocycles. The summed E-state index contributed by atoms with van der Waals surface area (Å²) in [7, 11) is 0. The van der Waals surface area contributed by atoms with Crippen LogP contribution in [0.15, 0.2) is 54.9 Å². The summed E-state index contributed by atoms with van der Waals surface area (Å²) in [6.07, 6.45) is 6.64. The molecule has 4 aromatic rings. The number of nitrogens with one attached hydrogen (secondary N) is 2. The fourth-order valence-corrected chi connectivity index (χ4v) is 5.76. The lowest BCUT2D eigenvalue weighted by molar-refractivity contribution is -0.122. The number of aromatic nitrogens is 2. The number of carbonyl (C=O) groups excluding carboxylic acids is 2. The summed E-state index contributed by atoms with van der Waals surface area (Å²) < 4.78 is 1.96. The molecule has 1 fully saturated rings. The summed E-state index contributed by atoms with van der Waals surface area (Å²) >= 11 is 6.37. The van der Waals surface area contributed by atoms with E-state index in [1.165, 1.54) is 6.42 Å². The summed E-state index contributed by atoms with van der Waals surface area (Å²) in [6.45, 7) is 2.99. The Morgan fingerprint density at radius 3 is 2.47 bits per heavy atom. The van der Waals surface area contributed by atoms with Crippen LogP contribution in [0, 0.1) is 0 Å². The quantitative estimate of drug-likeness (QED) is 0.345. The van der Waals surface area contributed by atoms with Crippen molar-refractivity contribution in [2.75, 3.05) is 19.6 Å². The first kappa shape index (κ1) is 23.0. The highest BCUT2D eigenvalue weighted by Gasteiger charge is 2.35. The Labute approximate surface area is 213 Å². The van der Waals surface area contributed by atoms with Crippen molar-refractivity contribution in [2.45, 2.75) is 31.9 Å². The van der Waals surface area contributed by atoms with E-state index in [2.05, 4.69) is 15.2 Å². The minimum Gasteiger partial charge on any atom is -0.390 e. The number of imide groups is 1. The molecule has 8 heteroatoms. The van der Waals surface area contributed by atoms with Gasteiger partial charge in [-0.2, -0.15) is 0 Å². The van der Waals surface area contributed by atoms with Crippen molar-refractivity contribution < 1.29 is 14.7 Å². The molecule has 2 amide bonds. The second kappa shape index (κ2) is 9.24. The van der Waals surface area contributed by atoms with Crippen LogP contribution < -0.4 is 5.32 Å². The largest absolute Gasteiger partial charge is 0.390 e. The van der Waals surface area contributed by atoms with E-state index in [9.17, 15) is 14.7 Å². The number of nitrogens with zero attached hydrogens (tertiary/aromatic N) is 2. The zero-order valence-corrected chi connectivity index (χ0v) is 20.5. The minimum absolute atomic E-state index is 0.321. The van der Waals surface area contributed by atoms with Gasteiger partial charge >= 0.3 is 0 Å². The molecule has 7 nitrogen and oxygen atoms in total. The fourth-order valence-electron chi connectivity index (χ4n) is 5.59. The van der Waals surface area contributed by atoms with Crippen molar-refractivity contribution in [3.8, 4) is 0 Å². The second-order valence-corrected chi connectivity index (χ2v) is 10.1. The first-order chi connectivity index (χ1) is 17.5. The Hall–Kier alpha value is -3.39. The molecule has 2 aliphatic rings. The van der Waals surface area contributed by atoms with Crippen LogP contribution in [0.1, 0.15) is 30.4 Å². The first-order valence-corrected chi connectivity index (χ1v) is 12.7. The number of hydrogen-bond donors (Lipinski definition) is 3. The number of aromatic amines is 1. The number of carbonyl (C=O) groups is 2. The molecule has 4 heterocycles. The zero-order valence-electron chi connectivity index (χ0n) is 19.8. The summed E-state index contributed by atoms with van der Waals surface area (Å²) in [4.78, 5) is 31.7. The third kappa shape index (κ3) is 4.03. The van der Waals surface area contributed by atoms with E-state index in [1.54, 1.807) is 12.3 Å². The number of fused-ring (bicyclic) bond motifs is 2. The molecule has 2 aromatic carbocycles. The van der Waals surface area contributed by atoms with Crippen LogP contribution in [0.5, 0.6) is 0 Å². The van der Waals surface area contributed by atoms with Gasteiger partial charge in [-0.15, -0.1) is 0 Å². The van der Waals surface area contributed by atoms with Crippen LogP contribution in [0.4, 0.5) is 0 Å². The van der Waals surface area contributed by atoms with E-state index in [1.807, 2.05) is 47.2 Å². The van der Waals surface area contributed by atoms with Crippen LogP contribution in [-0.4, -0.2) is 57.1 Å². The molecule has 0 bridgehead atoms. The topological polar surface area (TPSA) is 90.4 Å². The third-order valence-corrected chi connectivity index (χ3v) is 7.46. The number of likely N-dealkylation sites (tertiary alicyclic amines) is 1. The summed E-state index contributed by atoms with van der Waals surface area (Å²) in [6, 6.07) is 13.2. The summed E-state index contributed by atoms with van der Waals surface area (Å²) in [5, 5.41) is 15.6.